The van der Waals surface area contributed by atoms with Crippen LogP contribution in [0.3, 0.4) is 0 Å². The number of rotatable bonds is 5. The highest BCUT2D eigenvalue weighted by Gasteiger charge is 2.25. The first kappa shape index (κ1) is 19.5. The molecule has 7 nitrogen and oxygen atoms in total. The molecule has 0 saturated heterocycles. The van der Waals surface area contributed by atoms with E-state index in [1.54, 1.807) is 39.8 Å². The van der Waals surface area contributed by atoms with Gasteiger partial charge in [-0.05, 0) is 51.8 Å². The summed E-state index contributed by atoms with van der Waals surface area (Å²) in [4.78, 5) is 31.3. The van der Waals surface area contributed by atoms with Gasteiger partial charge >= 0.3 is 5.97 Å². The summed E-state index contributed by atoms with van der Waals surface area (Å²) < 4.78 is 24.3. The quantitative estimate of drug-likeness (QED) is 0.521. The number of benzene rings is 1. The highest BCUT2D eigenvalue weighted by Crippen LogP contribution is 2.25. The van der Waals surface area contributed by atoms with Gasteiger partial charge in [0, 0.05) is 16.8 Å². The first-order chi connectivity index (χ1) is 13.2. The van der Waals surface area contributed by atoms with Gasteiger partial charge in [0.05, 0.1) is 0 Å². The number of halogens is 1. The third kappa shape index (κ3) is 3.58. The van der Waals surface area contributed by atoms with Crippen molar-refractivity contribution < 1.29 is 23.2 Å². The SMILES string of the molecule is CC(=O)c1c(C)[nH]c(C(=O)O[C@H](C)c2nc(-c3ccc(C)c(F)c3)no2)c1C. The Morgan fingerprint density at radius 1 is 1.25 bits per heavy atom. The summed E-state index contributed by atoms with van der Waals surface area (Å²) >= 11 is 0. The monoisotopic (exact) mass is 385 g/mol. The molecule has 0 unspecified atom stereocenters. The van der Waals surface area contributed by atoms with Gasteiger partial charge in [0.25, 0.3) is 5.89 Å². The van der Waals surface area contributed by atoms with Crippen LogP contribution in [0, 0.1) is 26.6 Å². The van der Waals surface area contributed by atoms with Crippen LogP contribution >= 0.6 is 0 Å². The van der Waals surface area contributed by atoms with Crippen LogP contribution in [-0.4, -0.2) is 26.9 Å². The summed E-state index contributed by atoms with van der Waals surface area (Å²) in [6.45, 7) is 8.08. The number of carbonyl (C=O) groups excluding carboxylic acids is 2. The molecule has 1 N–H and O–H groups in total. The Kier molecular flexibility index (Phi) is 5.13. The van der Waals surface area contributed by atoms with Crippen molar-refractivity contribution >= 4 is 11.8 Å². The zero-order chi connectivity index (χ0) is 20.6. The molecule has 0 aliphatic heterocycles. The van der Waals surface area contributed by atoms with Crippen LogP contribution < -0.4 is 0 Å². The minimum absolute atomic E-state index is 0.0806. The molecule has 0 amide bonds. The van der Waals surface area contributed by atoms with E-state index in [9.17, 15) is 14.0 Å². The third-order valence-corrected chi connectivity index (χ3v) is 4.50. The normalized spacial score (nSPS) is 12.1. The van der Waals surface area contributed by atoms with E-state index in [1.165, 1.54) is 13.0 Å². The van der Waals surface area contributed by atoms with E-state index in [0.29, 0.717) is 27.9 Å². The standard InChI is InChI=1S/C20H20FN3O4/c1-9-6-7-14(8-15(9)21)18-23-19(28-24-18)13(5)27-20(26)17-10(2)16(12(4)25)11(3)22-17/h6-8,13,22H,1-5H3/t13-/m1/s1. The molecule has 0 bridgehead atoms. The fraction of sp³-hybridized carbons (Fsp3) is 0.300. The summed E-state index contributed by atoms with van der Waals surface area (Å²) in [6, 6.07) is 4.61. The topological polar surface area (TPSA) is 98.1 Å². The average molecular weight is 385 g/mol. The van der Waals surface area contributed by atoms with Gasteiger partial charge in [-0.25, -0.2) is 9.18 Å². The Morgan fingerprint density at radius 2 is 1.96 bits per heavy atom. The van der Waals surface area contributed by atoms with E-state index < -0.39 is 12.1 Å². The number of aryl methyl sites for hydroxylation is 2. The van der Waals surface area contributed by atoms with Crippen LogP contribution in [0.4, 0.5) is 4.39 Å². The lowest BCUT2D eigenvalue weighted by atomic mass is 10.1. The summed E-state index contributed by atoms with van der Waals surface area (Å²) in [5.74, 6) is -0.867. The summed E-state index contributed by atoms with van der Waals surface area (Å²) in [5, 5.41) is 3.82. The highest BCUT2D eigenvalue weighted by atomic mass is 19.1. The molecule has 8 heteroatoms. The Labute approximate surface area is 160 Å². The number of aromatic amines is 1. The molecule has 0 radical (unpaired) electrons. The molecule has 3 aromatic rings. The molecule has 0 fully saturated rings. The molecular formula is C20H20FN3O4. The van der Waals surface area contributed by atoms with Crippen molar-refractivity contribution in [2.75, 3.05) is 0 Å². The van der Waals surface area contributed by atoms with Crippen molar-refractivity contribution in [3.63, 3.8) is 0 Å². The van der Waals surface area contributed by atoms with Crippen molar-refractivity contribution in [3.05, 3.63) is 58.0 Å². The van der Waals surface area contributed by atoms with Gasteiger partial charge in [0.15, 0.2) is 11.9 Å². The van der Waals surface area contributed by atoms with Crippen LogP contribution in [-0.2, 0) is 4.74 Å². The minimum atomic E-state index is -0.826. The number of carbonyl (C=O) groups is 2. The van der Waals surface area contributed by atoms with Crippen LogP contribution in [0.15, 0.2) is 22.7 Å². The fourth-order valence-electron chi connectivity index (χ4n) is 3.00. The second-order valence-electron chi connectivity index (χ2n) is 6.65. The van der Waals surface area contributed by atoms with E-state index >= 15 is 0 Å². The third-order valence-electron chi connectivity index (χ3n) is 4.50. The largest absolute Gasteiger partial charge is 0.448 e. The molecule has 2 heterocycles. The predicted octanol–water partition coefficient (Wildman–Crippen LogP) is 4.25. The molecule has 0 aliphatic carbocycles. The molecule has 3 rings (SSSR count). The van der Waals surface area contributed by atoms with Crippen molar-refractivity contribution in [1.82, 2.24) is 15.1 Å². The maximum Gasteiger partial charge on any atom is 0.355 e. The van der Waals surface area contributed by atoms with E-state index in [0.717, 1.165) is 0 Å². The van der Waals surface area contributed by atoms with E-state index in [4.69, 9.17) is 9.26 Å². The van der Waals surface area contributed by atoms with Crippen LogP contribution in [0.25, 0.3) is 11.4 Å². The second kappa shape index (κ2) is 7.38. The zero-order valence-electron chi connectivity index (χ0n) is 16.2. The number of nitrogens with one attached hydrogen (secondary N) is 1. The molecular weight excluding hydrogens is 365 g/mol. The Balaban J connectivity index is 1.78. The lowest BCUT2D eigenvalue weighted by Gasteiger charge is -2.08. The average Bonchev–Trinajstić information content (AvgIpc) is 3.22. The number of ether oxygens (including phenoxy) is 1. The Morgan fingerprint density at radius 3 is 2.57 bits per heavy atom. The van der Waals surface area contributed by atoms with E-state index in [2.05, 4.69) is 15.1 Å². The maximum atomic E-state index is 13.7. The van der Waals surface area contributed by atoms with Crippen molar-refractivity contribution in [1.29, 1.82) is 0 Å². The van der Waals surface area contributed by atoms with Crippen molar-refractivity contribution in [2.45, 2.75) is 40.7 Å². The second-order valence-corrected chi connectivity index (χ2v) is 6.65. The van der Waals surface area contributed by atoms with E-state index in [-0.39, 0.29) is 29.0 Å². The van der Waals surface area contributed by atoms with Gasteiger partial charge in [0.2, 0.25) is 5.82 Å². The summed E-state index contributed by atoms with van der Waals surface area (Å²) in [6.07, 6.45) is -0.826. The first-order valence-corrected chi connectivity index (χ1v) is 8.70. The predicted molar refractivity (Wildman–Crippen MR) is 98.5 cm³/mol. The Bertz CT molecular complexity index is 1070. The zero-order valence-corrected chi connectivity index (χ0v) is 16.2. The molecule has 0 spiro atoms. The smallest absolute Gasteiger partial charge is 0.355 e. The van der Waals surface area contributed by atoms with Crippen molar-refractivity contribution in [2.24, 2.45) is 0 Å². The minimum Gasteiger partial charge on any atom is -0.448 e. The van der Waals surface area contributed by atoms with Crippen LogP contribution in [0.1, 0.15) is 63.5 Å². The number of ketones is 1. The number of esters is 1. The number of hydrogen-bond donors (Lipinski definition) is 1. The molecule has 28 heavy (non-hydrogen) atoms. The molecule has 1 atom stereocenters. The molecule has 1 aromatic carbocycles. The van der Waals surface area contributed by atoms with Crippen LogP contribution in [0.2, 0.25) is 0 Å². The van der Waals surface area contributed by atoms with Gasteiger partial charge in [-0.15, -0.1) is 0 Å². The molecule has 0 saturated carbocycles. The fourth-order valence-corrected chi connectivity index (χ4v) is 3.00. The van der Waals surface area contributed by atoms with Crippen LogP contribution in [0.5, 0.6) is 0 Å². The number of Topliss-reactive ketones (excluding diaryl/α,β-unsaturated/α-hetero) is 1. The van der Waals surface area contributed by atoms with Gasteiger partial charge < -0.3 is 14.2 Å². The molecule has 0 aliphatic rings. The Hall–Kier alpha value is -3.29. The number of nitrogens with zero attached hydrogens (tertiary/aromatic N) is 2. The number of hydrogen-bond acceptors (Lipinski definition) is 6. The highest BCUT2D eigenvalue weighted by molar-refractivity contribution is 6.01. The first-order valence-electron chi connectivity index (χ1n) is 8.70. The number of aromatic nitrogens is 3. The maximum absolute atomic E-state index is 13.7. The van der Waals surface area contributed by atoms with Gasteiger partial charge in [-0.2, -0.15) is 4.98 Å². The summed E-state index contributed by atoms with van der Waals surface area (Å²) in [5.41, 5.74) is 2.78. The van der Waals surface area contributed by atoms with E-state index in [1.807, 2.05) is 0 Å². The molecule has 146 valence electrons. The van der Waals surface area contributed by atoms with Crippen molar-refractivity contribution in [3.8, 4) is 11.4 Å². The number of H-pyrrole nitrogens is 1. The van der Waals surface area contributed by atoms with Gasteiger partial charge in [0.1, 0.15) is 11.5 Å². The van der Waals surface area contributed by atoms with Gasteiger partial charge in [-0.1, -0.05) is 17.3 Å². The van der Waals surface area contributed by atoms with Gasteiger partial charge in [-0.3, -0.25) is 4.79 Å². The lowest BCUT2D eigenvalue weighted by molar-refractivity contribution is 0.0258. The summed E-state index contributed by atoms with van der Waals surface area (Å²) in [7, 11) is 0. The lowest BCUT2D eigenvalue weighted by Crippen LogP contribution is -2.11. The molecule has 2 aromatic heterocycles.